The topological polar surface area (TPSA) is 85.2 Å². The molecule has 0 bridgehead atoms. The van der Waals surface area contributed by atoms with E-state index in [4.69, 9.17) is 9.72 Å². The number of carbonyl (C=O) groups is 1. The molecule has 3 aromatic rings. The van der Waals surface area contributed by atoms with Crippen LogP contribution in [0.3, 0.4) is 0 Å². The lowest BCUT2D eigenvalue weighted by atomic mass is 9.99. The van der Waals surface area contributed by atoms with Gasteiger partial charge in [-0.3, -0.25) is 14.4 Å². The lowest BCUT2D eigenvalue weighted by molar-refractivity contribution is -0.140. The van der Waals surface area contributed by atoms with Gasteiger partial charge in [-0.2, -0.15) is 5.10 Å². The quantitative estimate of drug-likeness (QED) is 0.515. The SMILES string of the molecule is COC(=O)CCCN1CCc2cc(Nc3ncc(C)c(-c4cnn(C(C)C)c4)n3)ccc2C1. The monoisotopic (exact) mass is 448 g/mol. The number of anilines is 2. The zero-order valence-corrected chi connectivity index (χ0v) is 19.8. The third-order valence-electron chi connectivity index (χ3n) is 6.01. The lowest BCUT2D eigenvalue weighted by Gasteiger charge is -2.29. The van der Waals surface area contributed by atoms with Gasteiger partial charge in [0.2, 0.25) is 5.95 Å². The summed E-state index contributed by atoms with van der Waals surface area (Å²) in [7, 11) is 1.44. The van der Waals surface area contributed by atoms with E-state index in [0.29, 0.717) is 18.4 Å². The molecule has 0 radical (unpaired) electrons. The summed E-state index contributed by atoms with van der Waals surface area (Å²) in [5.74, 6) is 0.437. The summed E-state index contributed by atoms with van der Waals surface area (Å²) in [5, 5.41) is 7.81. The van der Waals surface area contributed by atoms with Crippen molar-refractivity contribution in [3.63, 3.8) is 0 Å². The fraction of sp³-hybridized carbons (Fsp3) is 0.440. The molecular formula is C25H32N6O2. The second kappa shape index (κ2) is 10.1. The molecular weight excluding hydrogens is 416 g/mol. The number of aryl methyl sites for hydroxylation is 1. The van der Waals surface area contributed by atoms with Crippen molar-refractivity contribution in [1.82, 2.24) is 24.6 Å². The first-order valence-corrected chi connectivity index (χ1v) is 11.5. The fourth-order valence-electron chi connectivity index (χ4n) is 4.10. The number of fused-ring (bicyclic) bond motifs is 1. The molecule has 1 N–H and O–H groups in total. The maximum absolute atomic E-state index is 11.3. The van der Waals surface area contributed by atoms with Crippen LogP contribution in [0, 0.1) is 6.92 Å². The van der Waals surface area contributed by atoms with Crippen LogP contribution in [0.4, 0.5) is 11.6 Å². The van der Waals surface area contributed by atoms with Crippen molar-refractivity contribution in [2.45, 2.75) is 52.6 Å². The van der Waals surface area contributed by atoms with Crippen LogP contribution in [0.1, 0.15) is 49.4 Å². The summed E-state index contributed by atoms with van der Waals surface area (Å²) in [4.78, 5) is 23.0. The summed E-state index contributed by atoms with van der Waals surface area (Å²) in [6.07, 6.45) is 8.01. The Labute approximate surface area is 195 Å². The van der Waals surface area contributed by atoms with Crippen LogP contribution in [-0.4, -0.2) is 50.8 Å². The Morgan fingerprint density at radius 3 is 2.85 bits per heavy atom. The molecule has 0 aliphatic carbocycles. The first-order chi connectivity index (χ1) is 15.9. The van der Waals surface area contributed by atoms with Crippen molar-refractivity contribution in [2.24, 2.45) is 0 Å². The van der Waals surface area contributed by atoms with Crippen LogP contribution in [0.2, 0.25) is 0 Å². The number of nitrogens with zero attached hydrogens (tertiary/aromatic N) is 5. The Hall–Kier alpha value is -3.26. The molecule has 0 unspecified atom stereocenters. The second-order valence-electron chi connectivity index (χ2n) is 8.84. The summed E-state index contributed by atoms with van der Waals surface area (Å²) >= 11 is 0. The summed E-state index contributed by atoms with van der Waals surface area (Å²) in [6, 6.07) is 6.75. The molecule has 174 valence electrons. The number of ether oxygens (including phenoxy) is 1. The Morgan fingerprint density at radius 1 is 1.24 bits per heavy atom. The highest BCUT2D eigenvalue weighted by molar-refractivity contribution is 5.69. The van der Waals surface area contributed by atoms with Crippen LogP contribution < -0.4 is 5.32 Å². The molecule has 2 aromatic heterocycles. The van der Waals surface area contributed by atoms with E-state index in [2.05, 4.69) is 52.3 Å². The van der Waals surface area contributed by atoms with Gasteiger partial charge >= 0.3 is 5.97 Å². The molecule has 0 saturated carbocycles. The molecule has 1 aromatic carbocycles. The van der Waals surface area contributed by atoms with E-state index >= 15 is 0 Å². The van der Waals surface area contributed by atoms with E-state index in [1.165, 1.54) is 18.2 Å². The minimum atomic E-state index is -0.140. The summed E-state index contributed by atoms with van der Waals surface area (Å²) in [5.41, 5.74) is 6.55. The van der Waals surface area contributed by atoms with Crippen LogP contribution >= 0.6 is 0 Å². The number of nitrogens with one attached hydrogen (secondary N) is 1. The summed E-state index contributed by atoms with van der Waals surface area (Å²) < 4.78 is 6.67. The van der Waals surface area contributed by atoms with Crippen LogP contribution in [0.5, 0.6) is 0 Å². The average molecular weight is 449 g/mol. The molecule has 0 amide bonds. The maximum atomic E-state index is 11.3. The molecule has 1 aliphatic rings. The number of hydrogen-bond donors (Lipinski definition) is 1. The second-order valence-corrected chi connectivity index (χ2v) is 8.84. The van der Waals surface area contributed by atoms with E-state index in [-0.39, 0.29) is 5.97 Å². The maximum Gasteiger partial charge on any atom is 0.305 e. The van der Waals surface area contributed by atoms with E-state index in [0.717, 1.165) is 55.0 Å². The Kier molecular flexibility index (Phi) is 7.03. The van der Waals surface area contributed by atoms with Crippen molar-refractivity contribution in [3.05, 3.63) is 53.5 Å². The van der Waals surface area contributed by atoms with E-state index < -0.39 is 0 Å². The van der Waals surface area contributed by atoms with E-state index in [1.807, 2.05) is 30.2 Å². The zero-order valence-electron chi connectivity index (χ0n) is 19.8. The molecule has 8 heteroatoms. The molecule has 3 heterocycles. The fourth-order valence-corrected chi connectivity index (χ4v) is 4.10. The normalized spacial score (nSPS) is 13.7. The lowest BCUT2D eigenvalue weighted by Crippen LogP contribution is -2.31. The smallest absolute Gasteiger partial charge is 0.305 e. The standard InChI is InChI=1S/C25H32N6O2/c1-17(2)31-16-21(14-27-31)24-18(3)13-26-25(29-24)28-22-8-7-20-15-30(11-9-19(20)12-22)10-5-6-23(32)33-4/h7-8,12-14,16-17H,5-6,9-11,15H2,1-4H3,(H,26,28,29). The highest BCUT2D eigenvalue weighted by Gasteiger charge is 2.17. The minimum absolute atomic E-state index is 0.140. The molecule has 0 atom stereocenters. The summed E-state index contributed by atoms with van der Waals surface area (Å²) in [6.45, 7) is 9.02. The van der Waals surface area contributed by atoms with Crippen molar-refractivity contribution in [2.75, 3.05) is 25.5 Å². The molecule has 4 rings (SSSR count). The van der Waals surface area contributed by atoms with Crippen LogP contribution in [0.25, 0.3) is 11.3 Å². The molecule has 33 heavy (non-hydrogen) atoms. The van der Waals surface area contributed by atoms with Gasteiger partial charge in [0.1, 0.15) is 0 Å². The Balaban J connectivity index is 1.43. The van der Waals surface area contributed by atoms with Gasteiger partial charge in [0.25, 0.3) is 0 Å². The Morgan fingerprint density at radius 2 is 2.09 bits per heavy atom. The van der Waals surface area contributed by atoms with Gasteiger partial charge in [0, 0.05) is 49.2 Å². The predicted molar refractivity (Wildman–Crippen MR) is 128 cm³/mol. The molecule has 0 spiro atoms. The van der Waals surface area contributed by atoms with Crippen molar-refractivity contribution < 1.29 is 9.53 Å². The van der Waals surface area contributed by atoms with Crippen molar-refractivity contribution >= 4 is 17.6 Å². The highest BCUT2D eigenvalue weighted by atomic mass is 16.5. The number of esters is 1. The molecule has 0 fully saturated rings. The highest BCUT2D eigenvalue weighted by Crippen LogP contribution is 2.26. The number of aromatic nitrogens is 4. The average Bonchev–Trinajstić information content (AvgIpc) is 3.31. The number of rotatable bonds is 8. The Bertz CT molecular complexity index is 1120. The van der Waals surface area contributed by atoms with Gasteiger partial charge in [-0.25, -0.2) is 9.97 Å². The molecule has 1 aliphatic heterocycles. The number of benzene rings is 1. The largest absolute Gasteiger partial charge is 0.469 e. The van der Waals surface area contributed by atoms with E-state index in [9.17, 15) is 4.79 Å². The van der Waals surface area contributed by atoms with Crippen molar-refractivity contribution in [3.8, 4) is 11.3 Å². The number of hydrogen-bond acceptors (Lipinski definition) is 7. The van der Waals surface area contributed by atoms with Crippen molar-refractivity contribution in [1.29, 1.82) is 0 Å². The van der Waals surface area contributed by atoms with Crippen LogP contribution in [-0.2, 0) is 22.5 Å². The van der Waals surface area contributed by atoms with Gasteiger partial charge in [-0.15, -0.1) is 0 Å². The van der Waals surface area contributed by atoms with Gasteiger partial charge in [0.05, 0.1) is 19.0 Å². The zero-order chi connectivity index (χ0) is 23.4. The third kappa shape index (κ3) is 5.57. The van der Waals surface area contributed by atoms with Crippen LogP contribution in [0.15, 0.2) is 36.8 Å². The first-order valence-electron chi connectivity index (χ1n) is 11.5. The predicted octanol–water partition coefficient (Wildman–Crippen LogP) is 4.28. The van der Waals surface area contributed by atoms with Gasteiger partial charge in [-0.1, -0.05) is 6.07 Å². The van der Waals surface area contributed by atoms with Gasteiger partial charge < -0.3 is 10.1 Å². The number of carbonyl (C=O) groups excluding carboxylic acids is 1. The first kappa shape index (κ1) is 22.9. The number of methoxy groups -OCH3 is 1. The van der Waals surface area contributed by atoms with Gasteiger partial charge in [-0.05, 0) is 69.0 Å². The molecule has 0 saturated heterocycles. The van der Waals surface area contributed by atoms with Gasteiger partial charge in [0.15, 0.2) is 0 Å². The minimum Gasteiger partial charge on any atom is -0.469 e. The molecule has 8 nitrogen and oxygen atoms in total. The van der Waals surface area contributed by atoms with E-state index in [1.54, 1.807) is 0 Å². The third-order valence-corrected chi connectivity index (χ3v) is 6.01.